The Labute approximate surface area is 210 Å². The lowest BCUT2D eigenvalue weighted by molar-refractivity contribution is -0.273. The molecule has 2 heterocycles. The van der Waals surface area contributed by atoms with Gasteiger partial charge in [0.2, 0.25) is 0 Å². The van der Waals surface area contributed by atoms with Crippen molar-refractivity contribution in [3.8, 4) is 0 Å². The molecule has 0 radical (unpaired) electrons. The largest absolute Gasteiger partial charge is 0.373 e. The van der Waals surface area contributed by atoms with Crippen molar-refractivity contribution in [2.24, 2.45) is 34.5 Å². The number of rotatable bonds is 3. The first kappa shape index (κ1) is 23.2. The van der Waals surface area contributed by atoms with Gasteiger partial charge in [-0.2, -0.15) is 0 Å². The summed E-state index contributed by atoms with van der Waals surface area (Å²) in [7, 11) is 0. The second-order valence-corrected chi connectivity index (χ2v) is 12.8. The molecule has 6 fully saturated rings. The number of fused-ring (bicyclic) bond motifs is 6. The molecule has 0 aromatic heterocycles. The van der Waals surface area contributed by atoms with E-state index >= 15 is 0 Å². The predicted molar refractivity (Wildman–Crippen MR) is 131 cm³/mol. The van der Waals surface area contributed by atoms with Crippen molar-refractivity contribution < 1.29 is 23.7 Å². The Kier molecular flexibility index (Phi) is 5.47. The van der Waals surface area contributed by atoms with Crippen LogP contribution < -0.4 is 0 Å². The summed E-state index contributed by atoms with van der Waals surface area (Å²) in [5.74, 6) is 1.70. The van der Waals surface area contributed by atoms with E-state index in [0.29, 0.717) is 35.7 Å². The zero-order valence-electron chi connectivity index (χ0n) is 21.5. The molecule has 1 aromatic carbocycles. The summed E-state index contributed by atoms with van der Waals surface area (Å²) in [5.41, 5.74) is 1.67. The molecule has 2 spiro atoms. The predicted octanol–water partition coefficient (Wildman–Crippen LogP) is 5.71. The van der Waals surface area contributed by atoms with Gasteiger partial charge in [0.15, 0.2) is 11.6 Å². The van der Waals surface area contributed by atoms with Crippen LogP contribution in [0.2, 0.25) is 0 Å². The minimum absolute atomic E-state index is 0.0792. The Balaban J connectivity index is 1.22. The molecule has 2 saturated heterocycles. The van der Waals surface area contributed by atoms with Crippen molar-refractivity contribution in [1.29, 1.82) is 0 Å². The highest BCUT2D eigenvalue weighted by Gasteiger charge is 2.69. The van der Waals surface area contributed by atoms with Crippen LogP contribution in [0.3, 0.4) is 0 Å². The summed E-state index contributed by atoms with van der Waals surface area (Å²) in [4.78, 5) is 0. The number of hydrogen-bond donors (Lipinski definition) is 0. The average Bonchev–Trinajstić information content (AvgIpc) is 3.60. The maximum atomic E-state index is 6.92. The van der Waals surface area contributed by atoms with Gasteiger partial charge in [-0.3, -0.25) is 0 Å². The molecule has 6 aliphatic rings. The van der Waals surface area contributed by atoms with Gasteiger partial charge < -0.3 is 23.7 Å². The second kappa shape index (κ2) is 8.26. The van der Waals surface area contributed by atoms with Crippen LogP contribution in [0, 0.1) is 34.5 Å². The molecule has 5 heteroatoms. The summed E-state index contributed by atoms with van der Waals surface area (Å²) >= 11 is 0. The number of benzene rings is 1. The highest BCUT2D eigenvalue weighted by molar-refractivity contribution is 5.16. The Hall–Kier alpha value is -0.980. The van der Waals surface area contributed by atoms with Crippen LogP contribution in [0.1, 0.15) is 70.8 Å². The van der Waals surface area contributed by atoms with E-state index in [1.807, 2.05) is 0 Å². The smallest absolute Gasteiger partial charge is 0.174 e. The molecule has 0 unspecified atom stereocenters. The van der Waals surface area contributed by atoms with Crippen molar-refractivity contribution >= 4 is 0 Å². The van der Waals surface area contributed by atoms with Crippen LogP contribution in [0.4, 0.5) is 0 Å². The van der Waals surface area contributed by atoms with Crippen molar-refractivity contribution in [2.45, 2.75) is 89.5 Å². The van der Waals surface area contributed by atoms with Crippen molar-refractivity contribution in [1.82, 2.24) is 0 Å². The van der Waals surface area contributed by atoms with Crippen LogP contribution in [0.15, 0.2) is 30.3 Å². The summed E-state index contributed by atoms with van der Waals surface area (Å²) in [5, 5.41) is 0. The molecule has 1 aromatic rings. The van der Waals surface area contributed by atoms with Crippen LogP contribution in [0.5, 0.6) is 0 Å². The first-order valence-electron chi connectivity index (χ1n) is 14.2. The summed E-state index contributed by atoms with van der Waals surface area (Å²) in [6, 6.07) is 10.7. The average molecular weight is 483 g/mol. The summed E-state index contributed by atoms with van der Waals surface area (Å²) < 4.78 is 32.2. The fraction of sp³-hybridized carbons (Fsp3) is 0.800. The van der Waals surface area contributed by atoms with E-state index in [-0.39, 0.29) is 23.1 Å². The molecule has 4 saturated carbocycles. The standard InChI is InChI=1S/C30H42O5/c1-27-12-13-29(32-14-15-33-29)19-22(27)18-25(31-20-21-6-4-3-5-7-21)26-23(27)8-10-28(2)24(26)9-11-30(28)34-16-17-35-30/h3-7,22-26H,8-20H2,1-2H3/t22-,23-,24-,25-,26+,27-,28-/m1/s1. The minimum atomic E-state index is -0.369. The van der Waals surface area contributed by atoms with Gasteiger partial charge in [-0.1, -0.05) is 44.2 Å². The van der Waals surface area contributed by atoms with E-state index < -0.39 is 0 Å². The zero-order chi connectivity index (χ0) is 23.7. The molecule has 7 rings (SSSR count). The molecule has 192 valence electrons. The maximum absolute atomic E-state index is 6.92. The second-order valence-electron chi connectivity index (χ2n) is 12.8. The monoisotopic (exact) mass is 482 g/mol. The zero-order valence-corrected chi connectivity index (χ0v) is 21.5. The molecule has 0 amide bonds. The summed E-state index contributed by atoms with van der Waals surface area (Å²) in [6.45, 7) is 8.74. The fourth-order valence-corrected chi connectivity index (χ4v) is 9.74. The van der Waals surface area contributed by atoms with E-state index in [0.717, 1.165) is 52.1 Å². The third-order valence-electron chi connectivity index (χ3n) is 11.6. The van der Waals surface area contributed by atoms with Gasteiger partial charge >= 0.3 is 0 Å². The van der Waals surface area contributed by atoms with Gasteiger partial charge in [-0.05, 0) is 66.8 Å². The Bertz CT molecular complexity index is 922. The minimum Gasteiger partial charge on any atom is -0.373 e. The van der Waals surface area contributed by atoms with Crippen molar-refractivity contribution in [2.75, 3.05) is 26.4 Å². The van der Waals surface area contributed by atoms with Crippen LogP contribution >= 0.6 is 0 Å². The van der Waals surface area contributed by atoms with Crippen LogP contribution in [0.25, 0.3) is 0 Å². The quantitative estimate of drug-likeness (QED) is 0.552. The normalized spacial score (nSPS) is 45.4. The third-order valence-corrected chi connectivity index (χ3v) is 11.6. The van der Waals surface area contributed by atoms with E-state index in [1.54, 1.807) is 0 Å². The first-order valence-corrected chi connectivity index (χ1v) is 14.2. The van der Waals surface area contributed by atoms with Gasteiger partial charge in [-0.15, -0.1) is 0 Å². The van der Waals surface area contributed by atoms with Gasteiger partial charge in [0.05, 0.1) is 39.1 Å². The SMILES string of the molecule is C[C@@]12CCC3(C[C@H]1C[C@@H](OCc1ccccc1)[C@H]1[C@H]2CC[C@]2(C)[C@@H]1CCC21OCCO1)OCCO3. The Morgan fingerprint density at radius 3 is 2.31 bits per heavy atom. The Morgan fingerprint density at radius 1 is 0.829 bits per heavy atom. The molecule has 35 heavy (non-hydrogen) atoms. The van der Waals surface area contributed by atoms with E-state index in [1.165, 1.54) is 31.2 Å². The lowest BCUT2D eigenvalue weighted by Crippen LogP contribution is -2.62. The van der Waals surface area contributed by atoms with Crippen LogP contribution in [-0.2, 0) is 30.3 Å². The molecule has 5 nitrogen and oxygen atoms in total. The number of hydrogen-bond acceptors (Lipinski definition) is 5. The van der Waals surface area contributed by atoms with Crippen molar-refractivity contribution in [3.63, 3.8) is 0 Å². The van der Waals surface area contributed by atoms with E-state index in [2.05, 4.69) is 44.2 Å². The van der Waals surface area contributed by atoms with Gasteiger partial charge in [0.25, 0.3) is 0 Å². The molecule has 0 bridgehead atoms. The lowest BCUT2D eigenvalue weighted by atomic mass is 9.44. The molecule has 4 aliphatic carbocycles. The van der Waals surface area contributed by atoms with Crippen LogP contribution in [-0.4, -0.2) is 44.1 Å². The molecule has 7 atom stereocenters. The van der Waals surface area contributed by atoms with E-state index in [9.17, 15) is 0 Å². The third kappa shape index (κ3) is 3.38. The van der Waals surface area contributed by atoms with E-state index in [4.69, 9.17) is 23.7 Å². The van der Waals surface area contributed by atoms with Gasteiger partial charge in [0, 0.05) is 24.7 Å². The van der Waals surface area contributed by atoms with Crippen molar-refractivity contribution in [3.05, 3.63) is 35.9 Å². The Morgan fingerprint density at radius 2 is 1.54 bits per heavy atom. The molecule has 2 aliphatic heterocycles. The molecular weight excluding hydrogens is 440 g/mol. The topological polar surface area (TPSA) is 46.2 Å². The molecular formula is C30H42O5. The highest BCUT2D eigenvalue weighted by atomic mass is 16.7. The van der Waals surface area contributed by atoms with Gasteiger partial charge in [0.1, 0.15) is 0 Å². The maximum Gasteiger partial charge on any atom is 0.174 e. The van der Waals surface area contributed by atoms with Gasteiger partial charge in [-0.25, -0.2) is 0 Å². The summed E-state index contributed by atoms with van der Waals surface area (Å²) in [6.07, 6.45) is 9.31. The number of ether oxygens (including phenoxy) is 5. The highest BCUT2D eigenvalue weighted by Crippen LogP contribution is 2.70. The fourth-order valence-electron chi connectivity index (χ4n) is 9.74. The lowest BCUT2D eigenvalue weighted by Gasteiger charge is -2.64. The molecule has 0 N–H and O–H groups in total. The first-order chi connectivity index (χ1) is 17.0.